The van der Waals surface area contributed by atoms with E-state index < -0.39 is 0 Å². The van der Waals surface area contributed by atoms with Gasteiger partial charge in [-0.1, -0.05) is 6.07 Å². The van der Waals surface area contributed by atoms with Gasteiger partial charge in [0, 0.05) is 17.1 Å². The first kappa shape index (κ1) is 7.88. The first-order valence-electron chi connectivity index (χ1n) is 4.25. The molecule has 13 heavy (non-hydrogen) atoms. The molecular formula is C11H10N2. The molecule has 0 saturated carbocycles. The Bertz CT molecular complexity index is 474. The zero-order valence-corrected chi connectivity index (χ0v) is 7.46. The van der Waals surface area contributed by atoms with Gasteiger partial charge in [0.05, 0.1) is 12.5 Å². The summed E-state index contributed by atoms with van der Waals surface area (Å²) in [6.45, 7) is 2.04. The molecule has 1 aromatic heterocycles. The lowest BCUT2D eigenvalue weighted by atomic mass is 10.0. The molecule has 2 heteroatoms. The molecule has 0 aliphatic heterocycles. The van der Waals surface area contributed by atoms with E-state index >= 15 is 0 Å². The van der Waals surface area contributed by atoms with Gasteiger partial charge in [-0.15, -0.1) is 0 Å². The van der Waals surface area contributed by atoms with Crippen molar-refractivity contribution in [2.75, 3.05) is 0 Å². The summed E-state index contributed by atoms with van der Waals surface area (Å²) in [7, 11) is 0. The van der Waals surface area contributed by atoms with Crippen molar-refractivity contribution in [2.45, 2.75) is 13.3 Å². The Morgan fingerprint density at radius 3 is 3.00 bits per heavy atom. The minimum Gasteiger partial charge on any atom is -0.361 e. The van der Waals surface area contributed by atoms with Gasteiger partial charge in [0.15, 0.2) is 0 Å². The number of aromatic nitrogens is 1. The summed E-state index contributed by atoms with van der Waals surface area (Å²) in [5, 5.41) is 9.85. The predicted octanol–water partition coefficient (Wildman–Crippen LogP) is 2.54. The summed E-state index contributed by atoms with van der Waals surface area (Å²) >= 11 is 0. The molecule has 0 radical (unpaired) electrons. The molecule has 2 rings (SSSR count). The molecule has 1 heterocycles. The normalized spacial score (nSPS) is 10.2. The van der Waals surface area contributed by atoms with Crippen LogP contribution in [0.4, 0.5) is 0 Å². The molecular weight excluding hydrogens is 160 g/mol. The van der Waals surface area contributed by atoms with Crippen LogP contribution in [0.5, 0.6) is 0 Å². The fourth-order valence-corrected chi connectivity index (χ4v) is 1.62. The molecule has 2 nitrogen and oxygen atoms in total. The number of aromatic amines is 1. The highest BCUT2D eigenvalue weighted by molar-refractivity contribution is 5.84. The van der Waals surface area contributed by atoms with E-state index in [2.05, 4.69) is 11.1 Å². The molecule has 0 unspecified atom stereocenters. The molecule has 2 aromatic rings. The van der Waals surface area contributed by atoms with Crippen molar-refractivity contribution in [3.05, 3.63) is 35.5 Å². The highest BCUT2D eigenvalue weighted by Crippen LogP contribution is 2.21. The third-order valence-corrected chi connectivity index (χ3v) is 2.34. The average Bonchev–Trinajstić information content (AvgIpc) is 2.58. The molecule has 64 valence electrons. The molecule has 0 spiro atoms. The van der Waals surface area contributed by atoms with Gasteiger partial charge < -0.3 is 4.98 Å². The van der Waals surface area contributed by atoms with Gasteiger partial charge in [-0.05, 0) is 30.2 Å². The van der Waals surface area contributed by atoms with E-state index in [1.165, 1.54) is 10.9 Å². The van der Waals surface area contributed by atoms with Crippen molar-refractivity contribution in [1.82, 2.24) is 4.98 Å². The molecule has 0 bridgehead atoms. The summed E-state index contributed by atoms with van der Waals surface area (Å²) in [4.78, 5) is 3.14. The summed E-state index contributed by atoms with van der Waals surface area (Å²) in [5.74, 6) is 0. The lowest BCUT2D eigenvalue weighted by Crippen LogP contribution is -1.87. The van der Waals surface area contributed by atoms with Crippen molar-refractivity contribution in [1.29, 1.82) is 5.26 Å². The van der Waals surface area contributed by atoms with Crippen LogP contribution >= 0.6 is 0 Å². The number of nitriles is 1. The van der Waals surface area contributed by atoms with Crippen LogP contribution in [-0.2, 0) is 6.42 Å². The lowest BCUT2D eigenvalue weighted by molar-refractivity contribution is 1.24. The number of H-pyrrole nitrogens is 1. The van der Waals surface area contributed by atoms with Gasteiger partial charge >= 0.3 is 0 Å². The fraction of sp³-hybridized carbons (Fsp3) is 0.182. The van der Waals surface area contributed by atoms with Crippen molar-refractivity contribution in [2.24, 2.45) is 0 Å². The summed E-state index contributed by atoms with van der Waals surface area (Å²) < 4.78 is 0. The summed E-state index contributed by atoms with van der Waals surface area (Å²) in [6, 6.07) is 8.31. The van der Waals surface area contributed by atoms with Crippen LogP contribution < -0.4 is 0 Å². The second kappa shape index (κ2) is 2.95. The van der Waals surface area contributed by atoms with E-state index in [0.717, 1.165) is 11.1 Å². The second-order valence-electron chi connectivity index (χ2n) is 3.13. The van der Waals surface area contributed by atoms with E-state index in [4.69, 9.17) is 5.26 Å². The fourth-order valence-electron chi connectivity index (χ4n) is 1.62. The van der Waals surface area contributed by atoms with Crippen molar-refractivity contribution >= 4 is 10.9 Å². The Morgan fingerprint density at radius 1 is 1.38 bits per heavy atom. The Hall–Kier alpha value is -1.75. The van der Waals surface area contributed by atoms with E-state index in [-0.39, 0.29) is 0 Å². The molecule has 0 amide bonds. The van der Waals surface area contributed by atoms with Crippen LogP contribution in [0, 0.1) is 18.3 Å². The number of nitrogens with zero attached hydrogens (tertiary/aromatic N) is 1. The number of benzene rings is 1. The first-order valence-corrected chi connectivity index (χ1v) is 4.25. The molecule has 1 N–H and O–H groups in total. The predicted molar refractivity (Wildman–Crippen MR) is 52.4 cm³/mol. The van der Waals surface area contributed by atoms with Crippen molar-refractivity contribution in [3.8, 4) is 6.07 Å². The Labute approximate surface area is 76.8 Å². The molecule has 0 aliphatic rings. The smallest absolute Gasteiger partial charge is 0.0670 e. The monoisotopic (exact) mass is 170 g/mol. The topological polar surface area (TPSA) is 39.6 Å². The molecule has 1 aromatic carbocycles. The number of nitrogens with one attached hydrogen (secondary N) is 1. The third kappa shape index (κ3) is 1.19. The van der Waals surface area contributed by atoms with Gasteiger partial charge in [-0.25, -0.2) is 0 Å². The van der Waals surface area contributed by atoms with Gasteiger partial charge in [-0.3, -0.25) is 0 Å². The second-order valence-corrected chi connectivity index (χ2v) is 3.13. The zero-order chi connectivity index (χ0) is 9.26. The minimum absolute atomic E-state index is 0.487. The standard InChI is InChI=1S/C11H10N2/c1-8-2-3-11-10(5-7-13-11)9(8)4-6-12/h2-3,5,7,13H,4H2,1H3. The average molecular weight is 170 g/mol. The van der Waals surface area contributed by atoms with Gasteiger partial charge in [0.25, 0.3) is 0 Å². The molecule has 0 atom stereocenters. The van der Waals surface area contributed by atoms with E-state index in [1.54, 1.807) is 0 Å². The van der Waals surface area contributed by atoms with E-state index in [0.29, 0.717) is 6.42 Å². The van der Waals surface area contributed by atoms with Crippen molar-refractivity contribution < 1.29 is 0 Å². The van der Waals surface area contributed by atoms with Crippen LogP contribution in [0.15, 0.2) is 24.4 Å². The quantitative estimate of drug-likeness (QED) is 0.701. The highest BCUT2D eigenvalue weighted by atomic mass is 14.7. The van der Waals surface area contributed by atoms with E-state index in [9.17, 15) is 0 Å². The molecule has 0 saturated heterocycles. The van der Waals surface area contributed by atoms with Crippen LogP contribution in [0.1, 0.15) is 11.1 Å². The van der Waals surface area contributed by atoms with Crippen LogP contribution in [0.25, 0.3) is 10.9 Å². The first-order chi connectivity index (χ1) is 6.33. The maximum Gasteiger partial charge on any atom is 0.0670 e. The molecule has 0 fully saturated rings. The van der Waals surface area contributed by atoms with Crippen LogP contribution in [0.3, 0.4) is 0 Å². The maximum absolute atomic E-state index is 8.68. The van der Waals surface area contributed by atoms with Crippen molar-refractivity contribution in [3.63, 3.8) is 0 Å². The Kier molecular flexibility index (Phi) is 1.79. The molecule has 0 aliphatic carbocycles. The van der Waals surface area contributed by atoms with Crippen LogP contribution in [0.2, 0.25) is 0 Å². The summed E-state index contributed by atoms with van der Waals surface area (Å²) in [6.07, 6.45) is 2.39. The minimum atomic E-state index is 0.487. The SMILES string of the molecule is Cc1ccc2[nH]ccc2c1CC#N. The number of hydrogen-bond donors (Lipinski definition) is 1. The number of fused-ring (bicyclic) bond motifs is 1. The van der Waals surface area contributed by atoms with E-state index in [1.807, 2.05) is 31.3 Å². The number of aryl methyl sites for hydroxylation is 1. The van der Waals surface area contributed by atoms with Crippen LogP contribution in [-0.4, -0.2) is 4.98 Å². The van der Waals surface area contributed by atoms with Gasteiger partial charge in [0.1, 0.15) is 0 Å². The maximum atomic E-state index is 8.68. The third-order valence-electron chi connectivity index (χ3n) is 2.34. The number of hydrogen-bond acceptors (Lipinski definition) is 1. The Morgan fingerprint density at radius 2 is 2.23 bits per heavy atom. The van der Waals surface area contributed by atoms with Gasteiger partial charge in [0.2, 0.25) is 0 Å². The Balaban J connectivity index is 2.74. The zero-order valence-electron chi connectivity index (χ0n) is 7.46. The lowest BCUT2D eigenvalue weighted by Gasteiger charge is -2.02. The largest absolute Gasteiger partial charge is 0.361 e. The van der Waals surface area contributed by atoms with Gasteiger partial charge in [-0.2, -0.15) is 5.26 Å². The summed E-state index contributed by atoms with van der Waals surface area (Å²) in [5.41, 5.74) is 3.44. The number of rotatable bonds is 1. The highest BCUT2D eigenvalue weighted by Gasteiger charge is 2.03.